The van der Waals surface area contributed by atoms with Gasteiger partial charge in [0.15, 0.2) is 5.82 Å². The van der Waals surface area contributed by atoms with E-state index in [1.165, 1.54) is 0 Å². The number of aromatic nitrogens is 3. The summed E-state index contributed by atoms with van der Waals surface area (Å²) in [5, 5.41) is 23.5. The molecule has 1 aliphatic heterocycles. The van der Waals surface area contributed by atoms with Crippen LogP contribution in [0.5, 0.6) is 5.75 Å². The molecule has 1 saturated heterocycles. The van der Waals surface area contributed by atoms with Crippen LogP contribution in [0, 0.1) is 6.92 Å². The lowest BCUT2D eigenvalue weighted by atomic mass is 10.0. The van der Waals surface area contributed by atoms with Crippen molar-refractivity contribution < 1.29 is 15.0 Å². The van der Waals surface area contributed by atoms with Gasteiger partial charge in [-0.25, -0.2) is 14.8 Å². The normalized spacial score (nSPS) is 17.7. The van der Waals surface area contributed by atoms with Gasteiger partial charge in [-0.05, 0) is 67.3 Å². The Morgan fingerprint density at radius 3 is 2.68 bits per heavy atom. The van der Waals surface area contributed by atoms with Gasteiger partial charge in [0.1, 0.15) is 11.6 Å². The molecular formula is C26H25N5O3. The Labute approximate surface area is 196 Å². The SMILES string of the molecule is Cc1ccc2c(N3CCC(NC(=O)O)C3Cc3ccncc3)nc(-c3ccccc3O)nc2c1. The quantitative estimate of drug-likeness (QED) is 0.414. The zero-order valence-corrected chi connectivity index (χ0v) is 18.7. The van der Waals surface area contributed by atoms with Gasteiger partial charge >= 0.3 is 6.09 Å². The van der Waals surface area contributed by atoms with E-state index in [4.69, 9.17) is 9.97 Å². The summed E-state index contributed by atoms with van der Waals surface area (Å²) in [6, 6.07) is 16.6. The van der Waals surface area contributed by atoms with E-state index < -0.39 is 6.09 Å². The van der Waals surface area contributed by atoms with Crippen LogP contribution in [0.4, 0.5) is 10.6 Å². The number of benzene rings is 2. The lowest BCUT2D eigenvalue weighted by Gasteiger charge is -2.30. The number of aromatic hydroxyl groups is 1. The molecule has 0 saturated carbocycles. The minimum absolute atomic E-state index is 0.112. The van der Waals surface area contributed by atoms with Crippen LogP contribution in [0.15, 0.2) is 67.0 Å². The number of amides is 1. The second kappa shape index (κ2) is 8.97. The van der Waals surface area contributed by atoms with Crippen LogP contribution in [-0.4, -0.2) is 49.9 Å². The van der Waals surface area contributed by atoms with Gasteiger partial charge in [0.2, 0.25) is 0 Å². The van der Waals surface area contributed by atoms with E-state index in [1.54, 1.807) is 30.6 Å². The van der Waals surface area contributed by atoms with E-state index in [0.29, 0.717) is 30.8 Å². The first-order valence-corrected chi connectivity index (χ1v) is 11.2. The maximum atomic E-state index is 11.5. The number of phenolic OH excluding ortho intramolecular Hbond substituents is 1. The second-order valence-electron chi connectivity index (χ2n) is 8.57. The summed E-state index contributed by atoms with van der Waals surface area (Å²) in [6.45, 7) is 2.65. The average Bonchev–Trinajstić information content (AvgIpc) is 3.20. The van der Waals surface area contributed by atoms with E-state index in [2.05, 4.69) is 15.2 Å². The van der Waals surface area contributed by atoms with Gasteiger partial charge in [-0.15, -0.1) is 0 Å². The molecule has 8 heteroatoms. The number of nitrogens with one attached hydrogen (secondary N) is 1. The summed E-state index contributed by atoms with van der Waals surface area (Å²) in [5.41, 5.74) is 3.47. The predicted octanol–water partition coefficient (Wildman–Crippen LogP) is 4.16. The standard InChI is InChI=1S/C26H25N5O3/c1-16-6-7-18-21(14-16)28-24(19-4-2-3-5-23(19)32)30-25(18)31-13-10-20(29-26(33)34)22(31)15-17-8-11-27-12-9-17/h2-9,11-12,14,20,22,29,32H,10,13,15H2,1H3,(H,33,34). The number of carboxylic acid groups (broad SMARTS) is 1. The summed E-state index contributed by atoms with van der Waals surface area (Å²) in [6.07, 6.45) is 3.74. The average molecular weight is 456 g/mol. The third-order valence-electron chi connectivity index (χ3n) is 6.30. The van der Waals surface area contributed by atoms with Crippen molar-refractivity contribution in [3.8, 4) is 17.1 Å². The molecule has 0 radical (unpaired) electrons. The first-order valence-electron chi connectivity index (χ1n) is 11.2. The van der Waals surface area contributed by atoms with Gasteiger partial charge in [0, 0.05) is 24.3 Å². The number of para-hydroxylation sites is 1. The van der Waals surface area contributed by atoms with Crippen molar-refractivity contribution >= 4 is 22.8 Å². The van der Waals surface area contributed by atoms with Crippen LogP contribution in [0.3, 0.4) is 0 Å². The van der Waals surface area contributed by atoms with Crippen molar-refractivity contribution in [2.45, 2.75) is 31.8 Å². The molecule has 2 atom stereocenters. The van der Waals surface area contributed by atoms with Crippen LogP contribution in [0.2, 0.25) is 0 Å². The molecule has 1 aliphatic rings. The fourth-order valence-corrected chi connectivity index (χ4v) is 4.68. The van der Waals surface area contributed by atoms with Crippen molar-refractivity contribution in [3.63, 3.8) is 0 Å². The molecule has 1 amide bonds. The fourth-order valence-electron chi connectivity index (χ4n) is 4.68. The van der Waals surface area contributed by atoms with Gasteiger partial charge in [0.05, 0.1) is 23.2 Å². The third-order valence-corrected chi connectivity index (χ3v) is 6.30. The van der Waals surface area contributed by atoms with E-state index in [-0.39, 0.29) is 17.8 Å². The molecule has 0 aliphatic carbocycles. The molecule has 3 heterocycles. The molecule has 1 fully saturated rings. The molecule has 34 heavy (non-hydrogen) atoms. The molecule has 0 bridgehead atoms. The summed E-state index contributed by atoms with van der Waals surface area (Å²) < 4.78 is 0. The highest BCUT2D eigenvalue weighted by atomic mass is 16.4. The minimum atomic E-state index is -1.04. The number of hydrogen-bond donors (Lipinski definition) is 3. The van der Waals surface area contributed by atoms with E-state index in [0.717, 1.165) is 27.8 Å². The lowest BCUT2D eigenvalue weighted by molar-refractivity contribution is 0.189. The molecule has 3 N–H and O–H groups in total. The number of rotatable bonds is 5. The fraction of sp³-hybridized carbons (Fsp3) is 0.231. The van der Waals surface area contributed by atoms with Crippen LogP contribution < -0.4 is 10.2 Å². The molecule has 8 nitrogen and oxygen atoms in total. The number of phenols is 1. The number of fused-ring (bicyclic) bond motifs is 1. The highest BCUT2D eigenvalue weighted by Gasteiger charge is 2.37. The molecule has 2 aromatic heterocycles. The monoisotopic (exact) mass is 455 g/mol. The van der Waals surface area contributed by atoms with Crippen molar-refractivity contribution in [2.75, 3.05) is 11.4 Å². The first kappa shape index (κ1) is 21.6. The van der Waals surface area contributed by atoms with Crippen molar-refractivity contribution in [3.05, 3.63) is 78.1 Å². The lowest BCUT2D eigenvalue weighted by Crippen LogP contribution is -2.46. The minimum Gasteiger partial charge on any atom is -0.507 e. The summed E-state index contributed by atoms with van der Waals surface area (Å²) in [4.78, 5) is 27.5. The predicted molar refractivity (Wildman–Crippen MR) is 130 cm³/mol. The highest BCUT2D eigenvalue weighted by molar-refractivity contribution is 5.92. The Morgan fingerprint density at radius 2 is 1.91 bits per heavy atom. The second-order valence-corrected chi connectivity index (χ2v) is 8.57. The largest absolute Gasteiger partial charge is 0.507 e. The van der Waals surface area contributed by atoms with Gasteiger partial charge in [-0.2, -0.15) is 0 Å². The summed E-state index contributed by atoms with van der Waals surface area (Å²) >= 11 is 0. The van der Waals surface area contributed by atoms with Gasteiger partial charge in [-0.1, -0.05) is 18.2 Å². The Morgan fingerprint density at radius 1 is 1.12 bits per heavy atom. The summed E-state index contributed by atoms with van der Waals surface area (Å²) in [7, 11) is 0. The maximum Gasteiger partial charge on any atom is 0.404 e. The molecule has 4 aromatic rings. The van der Waals surface area contributed by atoms with E-state index in [9.17, 15) is 15.0 Å². The third kappa shape index (κ3) is 4.22. The maximum absolute atomic E-state index is 11.5. The number of pyridine rings is 1. The zero-order chi connectivity index (χ0) is 23.7. The van der Waals surface area contributed by atoms with E-state index in [1.807, 2.05) is 43.3 Å². The number of aryl methyl sites for hydroxylation is 1. The molecule has 0 spiro atoms. The van der Waals surface area contributed by atoms with Crippen LogP contribution in [0.25, 0.3) is 22.3 Å². The number of anilines is 1. The zero-order valence-electron chi connectivity index (χ0n) is 18.7. The highest BCUT2D eigenvalue weighted by Crippen LogP contribution is 2.35. The van der Waals surface area contributed by atoms with Crippen molar-refractivity contribution in [1.29, 1.82) is 0 Å². The molecule has 2 unspecified atom stereocenters. The van der Waals surface area contributed by atoms with Crippen LogP contribution in [0.1, 0.15) is 17.5 Å². The van der Waals surface area contributed by atoms with Gasteiger partial charge in [0.25, 0.3) is 0 Å². The first-order chi connectivity index (χ1) is 16.5. The molecular weight excluding hydrogens is 430 g/mol. The number of hydrogen-bond acceptors (Lipinski definition) is 6. The summed E-state index contributed by atoms with van der Waals surface area (Å²) in [5.74, 6) is 1.28. The Bertz CT molecular complexity index is 1350. The Balaban J connectivity index is 1.65. The molecule has 2 aromatic carbocycles. The van der Waals surface area contributed by atoms with Crippen molar-refractivity contribution in [2.24, 2.45) is 0 Å². The Kier molecular flexibility index (Phi) is 5.71. The smallest absolute Gasteiger partial charge is 0.404 e. The van der Waals surface area contributed by atoms with Crippen LogP contribution in [-0.2, 0) is 6.42 Å². The van der Waals surface area contributed by atoms with Crippen molar-refractivity contribution in [1.82, 2.24) is 20.3 Å². The molecule has 172 valence electrons. The topological polar surface area (TPSA) is 111 Å². The van der Waals surface area contributed by atoms with E-state index >= 15 is 0 Å². The van der Waals surface area contributed by atoms with Crippen LogP contribution >= 0.6 is 0 Å². The van der Waals surface area contributed by atoms with Gasteiger partial charge in [-0.3, -0.25) is 4.98 Å². The number of nitrogens with zero attached hydrogens (tertiary/aromatic N) is 4. The van der Waals surface area contributed by atoms with Gasteiger partial charge < -0.3 is 20.4 Å². The Hall–Kier alpha value is -4.20. The molecule has 5 rings (SSSR count). The number of carbonyl (C=O) groups is 1.